The minimum atomic E-state index is -1.16. The van der Waals surface area contributed by atoms with Gasteiger partial charge in [-0.1, -0.05) is 30.0 Å². The van der Waals surface area contributed by atoms with Gasteiger partial charge >= 0.3 is 18.0 Å². The topological polar surface area (TPSA) is 135 Å². The van der Waals surface area contributed by atoms with Crippen molar-refractivity contribution in [1.29, 1.82) is 0 Å². The van der Waals surface area contributed by atoms with Crippen LogP contribution in [-0.2, 0) is 36.9 Å². The summed E-state index contributed by atoms with van der Waals surface area (Å²) in [4.78, 5) is 66.0. The van der Waals surface area contributed by atoms with Gasteiger partial charge in [-0.15, -0.1) is 11.8 Å². The molecule has 0 saturated carbocycles. The number of alkyl carbamates (subject to hydrolysis) is 1. The van der Waals surface area contributed by atoms with Gasteiger partial charge in [-0.05, 0) is 53.7 Å². The number of hydrogen-bond donors (Lipinski definition) is 1. The number of hydrogen-bond acceptors (Lipinski definition) is 10. The molecule has 1 N–H and O–H groups in total. The van der Waals surface area contributed by atoms with Crippen molar-refractivity contribution in [3.8, 4) is 0 Å². The van der Waals surface area contributed by atoms with Crippen molar-refractivity contribution in [2.75, 3.05) is 12.9 Å². The Morgan fingerprint density at radius 2 is 1.48 bits per heavy atom. The van der Waals surface area contributed by atoms with Gasteiger partial charge in [0.1, 0.15) is 17.2 Å². The molecule has 11 nitrogen and oxygen atoms in total. The average molecular weight is 594 g/mol. The zero-order valence-corrected chi connectivity index (χ0v) is 25.3. The molecule has 0 aliphatic carbocycles. The molecule has 2 aromatic rings. The standard InChI is InChI=1S/C27H35N3O8S2/c1-26(2,3)37-23(33)16-13-29-21(31)19(20(22(32)30(29)14-16)40-17-11-9-8-10-12-17)39-15-18(24(34)36-7)28-25(35)38-27(4,5)6/h8-12,16,18H,13-15H2,1-7H3,(H,28,35)/t16?,18-/m0/s1. The lowest BCUT2D eigenvalue weighted by molar-refractivity contribution is -0.160. The summed E-state index contributed by atoms with van der Waals surface area (Å²) in [6, 6.07) is 7.90. The molecule has 1 aromatic carbocycles. The Balaban J connectivity index is 1.98. The first-order chi connectivity index (χ1) is 18.6. The van der Waals surface area contributed by atoms with E-state index in [1.807, 2.05) is 18.2 Å². The molecule has 1 aromatic heterocycles. The van der Waals surface area contributed by atoms with E-state index in [4.69, 9.17) is 14.2 Å². The van der Waals surface area contributed by atoms with Crippen LogP contribution in [0.4, 0.5) is 4.79 Å². The van der Waals surface area contributed by atoms with E-state index in [0.29, 0.717) is 0 Å². The Kier molecular flexibility index (Phi) is 9.83. The number of carbonyl (C=O) groups is 3. The molecule has 0 fully saturated rings. The molecule has 0 radical (unpaired) electrons. The summed E-state index contributed by atoms with van der Waals surface area (Å²) in [5, 5.41) is 2.48. The van der Waals surface area contributed by atoms with Crippen LogP contribution in [0.25, 0.3) is 0 Å². The average Bonchev–Trinajstić information content (AvgIpc) is 3.30. The third-order valence-electron chi connectivity index (χ3n) is 5.42. The maximum atomic E-state index is 13.7. The molecule has 0 spiro atoms. The lowest BCUT2D eigenvalue weighted by Gasteiger charge is -2.22. The number of benzene rings is 1. The third-order valence-corrected chi connectivity index (χ3v) is 7.80. The Morgan fingerprint density at radius 3 is 2.00 bits per heavy atom. The van der Waals surface area contributed by atoms with Crippen LogP contribution < -0.4 is 16.4 Å². The molecular weight excluding hydrogens is 558 g/mol. The molecular formula is C27H35N3O8S2. The molecule has 3 rings (SSSR count). The predicted octanol–water partition coefficient (Wildman–Crippen LogP) is 3.29. The molecule has 0 saturated heterocycles. The van der Waals surface area contributed by atoms with Crippen LogP contribution in [0.5, 0.6) is 0 Å². The van der Waals surface area contributed by atoms with Gasteiger partial charge in [-0.3, -0.25) is 14.4 Å². The molecule has 2 atom stereocenters. The maximum absolute atomic E-state index is 13.7. The van der Waals surface area contributed by atoms with E-state index in [2.05, 4.69) is 5.32 Å². The summed E-state index contributed by atoms with van der Waals surface area (Å²) >= 11 is 2.07. The summed E-state index contributed by atoms with van der Waals surface area (Å²) in [7, 11) is 1.18. The minimum Gasteiger partial charge on any atom is -0.467 e. The number of ether oxygens (including phenoxy) is 3. The van der Waals surface area contributed by atoms with Crippen LogP contribution in [0.2, 0.25) is 0 Å². The Hall–Kier alpha value is -3.19. The second-order valence-corrected chi connectivity index (χ2v) is 13.2. The van der Waals surface area contributed by atoms with Gasteiger partial charge in [-0.2, -0.15) is 0 Å². The zero-order valence-electron chi connectivity index (χ0n) is 23.6. The van der Waals surface area contributed by atoms with Crippen LogP contribution in [0, 0.1) is 5.92 Å². The van der Waals surface area contributed by atoms with E-state index >= 15 is 0 Å². The minimum absolute atomic E-state index is 0.00126. The van der Waals surface area contributed by atoms with Crippen molar-refractivity contribution in [1.82, 2.24) is 14.7 Å². The number of esters is 2. The van der Waals surface area contributed by atoms with Crippen molar-refractivity contribution >= 4 is 41.6 Å². The highest BCUT2D eigenvalue weighted by molar-refractivity contribution is 8.02. The van der Waals surface area contributed by atoms with E-state index in [0.717, 1.165) is 28.4 Å². The second kappa shape index (κ2) is 12.5. The highest BCUT2D eigenvalue weighted by atomic mass is 32.2. The molecule has 13 heteroatoms. The Bertz CT molecular complexity index is 1370. The van der Waals surface area contributed by atoms with E-state index in [9.17, 15) is 24.0 Å². The fourth-order valence-electron chi connectivity index (χ4n) is 3.77. The maximum Gasteiger partial charge on any atom is 0.408 e. The summed E-state index contributed by atoms with van der Waals surface area (Å²) in [5.41, 5.74) is -2.46. The predicted molar refractivity (Wildman–Crippen MR) is 151 cm³/mol. The Morgan fingerprint density at radius 1 is 0.925 bits per heavy atom. The molecule has 2 heterocycles. The first kappa shape index (κ1) is 31.3. The van der Waals surface area contributed by atoms with Gasteiger partial charge < -0.3 is 19.5 Å². The van der Waals surface area contributed by atoms with Crippen LogP contribution in [-0.4, -0.2) is 57.5 Å². The fraction of sp³-hybridized carbons (Fsp3) is 0.519. The van der Waals surface area contributed by atoms with Gasteiger partial charge in [0.25, 0.3) is 11.1 Å². The molecule has 1 aliphatic rings. The summed E-state index contributed by atoms with van der Waals surface area (Å²) in [5.74, 6) is -2.06. The highest BCUT2D eigenvalue weighted by Gasteiger charge is 2.35. The highest BCUT2D eigenvalue weighted by Crippen LogP contribution is 2.32. The Labute approximate surface area is 240 Å². The normalized spacial score (nSPS) is 15.6. The molecule has 0 bridgehead atoms. The van der Waals surface area contributed by atoms with Crippen molar-refractivity contribution < 1.29 is 28.6 Å². The van der Waals surface area contributed by atoms with Gasteiger partial charge in [0.05, 0.1) is 35.9 Å². The lowest BCUT2D eigenvalue weighted by Crippen LogP contribution is -2.45. The fourth-order valence-corrected chi connectivity index (χ4v) is 5.97. The number of rotatable bonds is 8. The van der Waals surface area contributed by atoms with Crippen molar-refractivity contribution in [3.63, 3.8) is 0 Å². The number of methoxy groups -OCH3 is 1. The number of nitrogens with zero attached hydrogens (tertiary/aromatic N) is 2. The van der Waals surface area contributed by atoms with Crippen LogP contribution in [0.1, 0.15) is 41.5 Å². The van der Waals surface area contributed by atoms with Crippen LogP contribution in [0.3, 0.4) is 0 Å². The quantitative estimate of drug-likeness (QED) is 0.276. The van der Waals surface area contributed by atoms with Crippen molar-refractivity contribution in [3.05, 3.63) is 51.0 Å². The number of aromatic nitrogens is 2. The zero-order chi connectivity index (χ0) is 29.8. The monoisotopic (exact) mass is 593 g/mol. The molecule has 40 heavy (non-hydrogen) atoms. The molecule has 1 unspecified atom stereocenters. The summed E-state index contributed by atoms with van der Waals surface area (Å²) < 4.78 is 18.1. The molecule has 218 valence electrons. The van der Waals surface area contributed by atoms with Gasteiger partial charge in [0.2, 0.25) is 0 Å². The van der Waals surface area contributed by atoms with Crippen LogP contribution >= 0.6 is 23.5 Å². The first-order valence-electron chi connectivity index (χ1n) is 12.6. The van der Waals surface area contributed by atoms with Crippen LogP contribution in [0.15, 0.2) is 54.6 Å². The van der Waals surface area contributed by atoms with E-state index in [1.54, 1.807) is 53.7 Å². The SMILES string of the molecule is COC(=O)[C@H](CSc1c(Sc2ccccc2)c(=O)n2n(c1=O)CC(C(=O)OC(C)(C)C)C2)NC(=O)OC(C)(C)C. The summed E-state index contributed by atoms with van der Waals surface area (Å²) in [6.45, 7) is 10.3. The number of fused-ring (bicyclic) bond motifs is 1. The van der Waals surface area contributed by atoms with E-state index in [-0.39, 0.29) is 28.6 Å². The summed E-state index contributed by atoms with van der Waals surface area (Å²) in [6.07, 6.45) is -0.826. The largest absolute Gasteiger partial charge is 0.467 e. The molecule has 1 aliphatic heterocycles. The van der Waals surface area contributed by atoms with Crippen molar-refractivity contribution in [2.45, 2.75) is 86.6 Å². The van der Waals surface area contributed by atoms with Gasteiger partial charge in [-0.25, -0.2) is 19.0 Å². The lowest BCUT2D eigenvalue weighted by atomic mass is 10.1. The van der Waals surface area contributed by atoms with E-state index < -0.39 is 52.3 Å². The van der Waals surface area contributed by atoms with Crippen molar-refractivity contribution in [2.24, 2.45) is 5.92 Å². The number of thioether (sulfide) groups is 1. The van der Waals surface area contributed by atoms with Gasteiger partial charge in [0.15, 0.2) is 0 Å². The number of nitrogens with one attached hydrogen (secondary N) is 1. The third kappa shape index (κ3) is 8.17. The number of carbonyl (C=O) groups excluding carboxylic acids is 3. The first-order valence-corrected chi connectivity index (χ1v) is 14.4. The van der Waals surface area contributed by atoms with E-state index in [1.165, 1.54) is 16.5 Å². The smallest absolute Gasteiger partial charge is 0.408 e. The van der Waals surface area contributed by atoms with Gasteiger partial charge in [0, 0.05) is 10.6 Å². The number of amides is 1. The molecule has 1 amide bonds. The second-order valence-electron chi connectivity index (χ2n) is 11.1.